The topological polar surface area (TPSA) is 26.3 Å². The van der Waals surface area contributed by atoms with Crippen LogP contribution >= 0.6 is 0 Å². The molecule has 0 heterocycles. The molecule has 1 aliphatic carbocycles. The predicted molar refractivity (Wildman–Crippen MR) is 89.2 cm³/mol. The van der Waals surface area contributed by atoms with Gasteiger partial charge in [0, 0.05) is 0 Å². The highest BCUT2D eigenvalue weighted by molar-refractivity contribution is 5.71. The van der Waals surface area contributed by atoms with Gasteiger partial charge >= 0.3 is 5.97 Å². The molecule has 0 spiro atoms. The van der Waals surface area contributed by atoms with Crippen molar-refractivity contribution >= 4 is 5.97 Å². The number of carbonyl (C=O) groups is 1. The molecule has 0 aliphatic heterocycles. The summed E-state index contributed by atoms with van der Waals surface area (Å²) in [6, 6.07) is 0. The van der Waals surface area contributed by atoms with Crippen molar-refractivity contribution in [2.75, 3.05) is 0 Å². The molecule has 120 valence electrons. The Labute approximate surface area is 130 Å². The van der Waals surface area contributed by atoms with Crippen LogP contribution in [0.2, 0.25) is 0 Å². The molecule has 0 unspecified atom stereocenters. The van der Waals surface area contributed by atoms with Crippen molar-refractivity contribution in [1.29, 1.82) is 0 Å². The average Bonchev–Trinajstić information content (AvgIpc) is 2.34. The van der Waals surface area contributed by atoms with Crippen LogP contribution in [0, 0.1) is 5.41 Å². The second-order valence-corrected chi connectivity index (χ2v) is 7.29. The molecule has 0 N–H and O–H groups in total. The van der Waals surface area contributed by atoms with Gasteiger partial charge in [-0.2, -0.15) is 0 Å². The van der Waals surface area contributed by atoms with Gasteiger partial charge in [0.15, 0.2) is 0 Å². The average molecular weight is 292 g/mol. The van der Waals surface area contributed by atoms with Crippen molar-refractivity contribution in [2.24, 2.45) is 5.41 Å². The number of esters is 1. The van der Waals surface area contributed by atoms with Gasteiger partial charge in [0.05, 0.1) is 12.5 Å². The third-order valence-electron chi connectivity index (χ3n) is 4.44. The quantitative estimate of drug-likeness (QED) is 0.472. The highest BCUT2D eigenvalue weighted by atomic mass is 16.5. The van der Waals surface area contributed by atoms with E-state index in [1.165, 1.54) is 24.8 Å². The summed E-state index contributed by atoms with van der Waals surface area (Å²) in [6.07, 6.45) is 8.43. The monoisotopic (exact) mass is 292 g/mol. The van der Waals surface area contributed by atoms with Gasteiger partial charge in [-0.05, 0) is 65.2 Å². The van der Waals surface area contributed by atoms with Gasteiger partial charge < -0.3 is 4.74 Å². The number of hydrogen-bond acceptors (Lipinski definition) is 2. The Bertz CT molecular complexity index is 425. The van der Waals surface area contributed by atoms with E-state index in [2.05, 4.69) is 27.7 Å². The summed E-state index contributed by atoms with van der Waals surface area (Å²) in [4.78, 5) is 11.5. The molecule has 2 nitrogen and oxygen atoms in total. The van der Waals surface area contributed by atoms with Gasteiger partial charge in [0.1, 0.15) is 0 Å². The van der Waals surface area contributed by atoms with Crippen LogP contribution in [0.25, 0.3) is 0 Å². The number of allylic oxidation sites excluding steroid dienone is 3. The minimum absolute atomic E-state index is 0.0259. The smallest absolute Gasteiger partial charge is 0.309 e. The van der Waals surface area contributed by atoms with Crippen LogP contribution in [0.15, 0.2) is 22.8 Å². The molecular formula is C19H32O2. The normalized spacial score (nSPS) is 19.1. The van der Waals surface area contributed by atoms with Crippen molar-refractivity contribution in [1.82, 2.24) is 0 Å². The van der Waals surface area contributed by atoms with Crippen LogP contribution < -0.4 is 0 Å². The summed E-state index contributed by atoms with van der Waals surface area (Å²) >= 11 is 0. The molecule has 0 amide bonds. The summed E-state index contributed by atoms with van der Waals surface area (Å²) in [5, 5.41) is 0. The maximum Gasteiger partial charge on any atom is 0.309 e. The predicted octanol–water partition coefficient (Wildman–Crippen LogP) is 5.58. The van der Waals surface area contributed by atoms with E-state index in [4.69, 9.17) is 4.74 Å². The zero-order valence-corrected chi connectivity index (χ0v) is 14.7. The number of ether oxygens (including phenoxy) is 1. The first kappa shape index (κ1) is 18.0. The number of rotatable bonds is 6. The zero-order chi connectivity index (χ0) is 16.0. The van der Waals surface area contributed by atoms with Crippen molar-refractivity contribution in [2.45, 2.75) is 86.2 Å². The minimum atomic E-state index is -0.127. The lowest BCUT2D eigenvalue weighted by molar-refractivity contribution is -0.146. The standard InChI is InChI=1S/C19H32O2/c1-14(2)21-18(20)12-10-15(3)9-11-17-16(4)8-7-13-19(17,5)6/h10,14H,7-9,11-13H2,1-6H3/b15-10+. The first-order chi connectivity index (χ1) is 9.72. The van der Waals surface area contributed by atoms with E-state index in [9.17, 15) is 4.79 Å². The van der Waals surface area contributed by atoms with Gasteiger partial charge in [-0.25, -0.2) is 0 Å². The van der Waals surface area contributed by atoms with Crippen LogP contribution in [-0.2, 0) is 9.53 Å². The second kappa shape index (κ2) is 7.82. The lowest BCUT2D eigenvalue weighted by Crippen LogP contribution is -2.20. The maximum atomic E-state index is 11.5. The van der Waals surface area contributed by atoms with Crippen LogP contribution in [0.3, 0.4) is 0 Å². The van der Waals surface area contributed by atoms with Gasteiger partial charge in [0.25, 0.3) is 0 Å². The lowest BCUT2D eigenvalue weighted by Gasteiger charge is -2.34. The molecule has 21 heavy (non-hydrogen) atoms. The zero-order valence-electron chi connectivity index (χ0n) is 14.7. The first-order valence-corrected chi connectivity index (χ1v) is 8.26. The third-order valence-corrected chi connectivity index (χ3v) is 4.44. The molecule has 0 saturated heterocycles. The molecule has 0 fully saturated rings. The highest BCUT2D eigenvalue weighted by Crippen LogP contribution is 2.42. The molecule has 2 heteroatoms. The minimum Gasteiger partial charge on any atom is -0.463 e. The highest BCUT2D eigenvalue weighted by Gasteiger charge is 2.27. The third kappa shape index (κ3) is 6.07. The van der Waals surface area contributed by atoms with Crippen LogP contribution in [0.4, 0.5) is 0 Å². The molecular weight excluding hydrogens is 260 g/mol. The van der Waals surface area contributed by atoms with Gasteiger partial charge in [-0.15, -0.1) is 0 Å². The molecule has 0 saturated carbocycles. The Morgan fingerprint density at radius 3 is 2.62 bits per heavy atom. The summed E-state index contributed by atoms with van der Waals surface area (Å²) in [6.45, 7) is 12.9. The SMILES string of the molecule is CC1=C(CC/C(C)=C/CC(=O)OC(C)C)C(C)(C)CCC1. The Hall–Kier alpha value is -1.05. The van der Waals surface area contributed by atoms with Crippen molar-refractivity contribution in [3.63, 3.8) is 0 Å². The van der Waals surface area contributed by atoms with E-state index in [1.54, 1.807) is 11.1 Å². The Morgan fingerprint density at radius 2 is 2.05 bits per heavy atom. The van der Waals surface area contributed by atoms with E-state index in [0.29, 0.717) is 11.8 Å². The molecule has 0 aromatic rings. The van der Waals surface area contributed by atoms with E-state index < -0.39 is 0 Å². The summed E-state index contributed by atoms with van der Waals surface area (Å²) < 4.78 is 5.15. The van der Waals surface area contributed by atoms with Crippen LogP contribution in [0.5, 0.6) is 0 Å². The van der Waals surface area contributed by atoms with E-state index in [-0.39, 0.29) is 12.1 Å². The molecule has 0 bridgehead atoms. The number of carbonyl (C=O) groups excluding carboxylic acids is 1. The molecule has 0 atom stereocenters. The van der Waals surface area contributed by atoms with Crippen molar-refractivity contribution < 1.29 is 9.53 Å². The first-order valence-electron chi connectivity index (χ1n) is 8.26. The van der Waals surface area contributed by atoms with Gasteiger partial charge in [0.2, 0.25) is 0 Å². The van der Waals surface area contributed by atoms with Gasteiger partial charge in [-0.3, -0.25) is 4.79 Å². The summed E-state index contributed by atoms with van der Waals surface area (Å²) in [5.74, 6) is -0.127. The Kier molecular flexibility index (Phi) is 6.70. The van der Waals surface area contributed by atoms with Crippen LogP contribution in [-0.4, -0.2) is 12.1 Å². The van der Waals surface area contributed by atoms with E-state index in [0.717, 1.165) is 12.8 Å². The fourth-order valence-electron chi connectivity index (χ4n) is 3.22. The van der Waals surface area contributed by atoms with Crippen molar-refractivity contribution in [3.05, 3.63) is 22.8 Å². The van der Waals surface area contributed by atoms with E-state index in [1.807, 2.05) is 19.9 Å². The Morgan fingerprint density at radius 1 is 1.38 bits per heavy atom. The molecule has 0 radical (unpaired) electrons. The lowest BCUT2D eigenvalue weighted by atomic mass is 9.71. The summed E-state index contributed by atoms with van der Waals surface area (Å²) in [5.41, 5.74) is 4.85. The fraction of sp³-hybridized carbons (Fsp3) is 0.737. The maximum absolute atomic E-state index is 11.5. The van der Waals surface area contributed by atoms with Crippen LogP contribution in [0.1, 0.15) is 80.1 Å². The molecule has 1 aliphatic rings. The van der Waals surface area contributed by atoms with Crippen molar-refractivity contribution in [3.8, 4) is 0 Å². The van der Waals surface area contributed by atoms with E-state index >= 15 is 0 Å². The Balaban J connectivity index is 2.52. The molecule has 1 rings (SSSR count). The molecule has 0 aromatic carbocycles. The second-order valence-electron chi connectivity index (χ2n) is 7.29. The van der Waals surface area contributed by atoms with Gasteiger partial charge in [-0.1, -0.05) is 36.6 Å². The largest absolute Gasteiger partial charge is 0.463 e. The summed E-state index contributed by atoms with van der Waals surface area (Å²) in [7, 11) is 0. The molecule has 0 aromatic heterocycles. The fourth-order valence-corrected chi connectivity index (χ4v) is 3.22. The number of hydrogen-bond donors (Lipinski definition) is 0.